The third kappa shape index (κ3) is 1.95. The summed E-state index contributed by atoms with van der Waals surface area (Å²) in [5.41, 5.74) is 0. The summed E-state index contributed by atoms with van der Waals surface area (Å²) in [5, 5.41) is 4.63. The van der Waals surface area contributed by atoms with Crippen LogP contribution in [0.25, 0.3) is 5.78 Å². The van der Waals surface area contributed by atoms with Gasteiger partial charge in [-0.25, -0.2) is 0 Å². The maximum Gasteiger partial charge on any atom is 0.255 e. The van der Waals surface area contributed by atoms with Crippen molar-refractivity contribution >= 4 is 23.2 Å². The number of hydrogen-bond donors (Lipinski definition) is 0. The summed E-state index contributed by atoms with van der Waals surface area (Å²) >= 11 is 5.99. The zero-order chi connectivity index (χ0) is 11.8. The minimum atomic E-state index is 0.459. The van der Waals surface area contributed by atoms with Crippen molar-refractivity contribution in [2.45, 2.75) is 19.3 Å². The van der Waals surface area contributed by atoms with Crippen molar-refractivity contribution in [1.29, 1.82) is 0 Å². The summed E-state index contributed by atoms with van der Waals surface area (Å²) in [4.78, 5) is 10.4. The van der Waals surface area contributed by atoms with E-state index in [4.69, 9.17) is 11.6 Å². The van der Waals surface area contributed by atoms with Crippen LogP contribution in [0.15, 0.2) is 12.4 Å². The van der Waals surface area contributed by atoms with Gasteiger partial charge in [0, 0.05) is 19.7 Å². The van der Waals surface area contributed by atoms with E-state index >= 15 is 0 Å². The number of anilines is 1. The first kappa shape index (κ1) is 10.8. The monoisotopic (exact) mass is 251 g/mol. The van der Waals surface area contributed by atoms with Crippen LogP contribution < -0.4 is 4.90 Å². The van der Waals surface area contributed by atoms with E-state index in [2.05, 4.69) is 27.0 Å². The van der Waals surface area contributed by atoms with Gasteiger partial charge in [-0.3, -0.25) is 0 Å². The van der Waals surface area contributed by atoms with Crippen LogP contribution in [-0.2, 0) is 0 Å². The Morgan fingerprint density at radius 1 is 1.53 bits per heavy atom. The lowest BCUT2D eigenvalue weighted by Gasteiger charge is -2.31. The molecule has 2 aromatic heterocycles. The van der Waals surface area contributed by atoms with Crippen LogP contribution in [0.5, 0.6) is 0 Å². The van der Waals surface area contributed by atoms with Crippen molar-refractivity contribution in [2.24, 2.45) is 5.92 Å². The fraction of sp³-hybridized carbons (Fsp3) is 0.545. The molecule has 17 heavy (non-hydrogen) atoms. The predicted molar refractivity (Wildman–Crippen MR) is 66.4 cm³/mol. The SMILES string of the molecule is CN(CC1CCC1)c1cc(Cl)nc2ncnn12. The Labute approximate surface area is 104 Å². The molecule has 0 radical (unpaired) electrons. The summed E-state index contributed by atoms with van der Waals surface area (Å²) in [7, 11) is 2.06. The normalized spacial score (nSPS) is 16.1. The largest absolute Gasteiger partial charge is 0.359 e. The number of nitrogens with zero attached hydrogens (tertiary/aromatic N) is 5. The fourth-order valence-electron chi connectivity index (χ4n) is 2.20. The average Bonchev–Trinajstić information content (AvgIpc) is 2.69. The molecule has 0 N–H and O–H groups in total. The average molecular weight is 252 g/mol. The molecule has 2 heterocycles. The molecule has 0 bridgehead atoms. The summed E-state index contributed by atoms with van der Waals surface area (Å²) in [6, 6.07) is 1.84. The number of hydrogen-bond acceptors (Lipinski definition) is 4. The number of aromatic nitrogens is 4. The van der Waals surface area contributed by atoms with Gasteiger partial charge in [0.15, 0.2) is 0 Å². The lowest BCUT2D eigenvalue weighted by Crippen LogP contribution is -2.30. The van der Waals surface area contributed by atoms with Crippen LogP contribution in [0.4, 0.5) is 5.82 Å². The van der Waals surface area contributed by atoms with Gasteiger partial charge in [0.05, 0.1) is 0 Å². The molecule has 0 spiro atoms. The van der Waals surface area contributed by atoms with Crippen molar-refractivity contribution < 1.29 is 0 Å². The molecule has 6 heteroatoms. The maximum atomic E-state index is 5.99. The molecule has 0 amide bonds. The lowest BCUT2D eigenvalue weighted by molar-refractivity contribution is 0.320. The van der Waals surface area contributed by atoms with Crippen molar-refractivity contribution in [2.75, 3.05) is 18.5 Å². The van der Waals surface area contributed by atoms with Gasteiger partial charge in [-0.2, -0.15) is 19.6 Å². The fourth-order valence-corrected chi connectivity index (χ4v) is 2.37. The molecule has 0 unspecified atom stereocenters. The highest BCUT2D eigenvalue weighted by Crippen LogP contribution is 2.28. The maximum absolute atomic E-state index is 5.99. The minimum Gasteiger partial charge on any atom is -0.359 e. The van der Waals surface area contributed by atoms with E-state index in [1.165, 1.54) is 25.6 Å². The first-order valence-corrected chi connectivity index (χ1v) is 6.19. The molecule has 3 rings (SSSR count). The molecule has 0 atom stereocenters. The molecule has 0 saturated heterocycles. The zero-order valence-corrected chi connectivity index (χ0v) is 10.4. The van der Waals surface area contributed by atoms with Crippen LogP contribution in [0.2, 0.25) is 5.15 Å². The Morgan fingerprint density at radius 2 is 2.35 bits per heavy atom. The standard InChI is InChI=1S/C11H14ClN5/c1-16(6-8-3-2-4-8)10-5-9(12)15-11-13-7-14-17(10)11/h5,7-8H,2-4,6H2,1H3. The van der Waals surface area contributed by atoms with Gasteiger partial charge in [-0.05, 0) is 18.8 Å². The van der Waals surface area contributed by atoms with Crippen molar-refractivity contribution in [3.63, 3.8) is 0 Å². The van der Waals surface area contributed by atoms with Crippen molar-refractivity contribution in [3.8, 4) is 0 Å². The molecular formula is C11H14ClN5. The van der Waals surface area contributed by atoms with E-state index in [0.29, 0.717) is 10.9 Å². The Bertz CT molecular complexity index is 534. The molecule has 1 fully saturated rings. The van der Waals surface area contributed by atoms with Crippen LogP contribution in [0.1, 0.15) is 19.3 Å². The zero-order valence-electron chi connectivity index (χ0n) is 9.67. The molecular weight excluding hydrogens is 238 g/mol. The Hall–Kier alpha value is -1.36. The highest BCUT2D eigenvalue weighted by molar-refractivity contribution is 6.29. The highest BCUT2D eigenvalue weighted by atomic mass is 35.5. The molecule has 1 aliphatic rings. The van der Waals surface area contributed by atoms with Gasteiger partial charge in [-0.15, -0.1) is 0 Å². The van der Waals surface area contributed by atoms with E-state index in [9.17, 15) is 0 Å². The minimum absolute atomic E-state index is 0.459. The molecule has 1 saturated carbocycles. The van der Waals surface area contributed by atoms with Crippen LogP contribution >= 0.6 is 11.6 Å². The number of rotatable bonds is 3. The quantitative estimate of drug-likeness (QED) is 0.783. The van der Waals surface area contributed by atoms with Gasteiger partial charge in [0.25, 0.3) is 5.78 Å². The van der Waals surface area contributed by atoms with E-state index in [0.717, 1.165) is 18.3 Å². The molecule has 0 aromatic carbocycles. The van der Waals surface area contributed by atoms with Crippen molar-refractivity contribution in [1.82, 2.24) is 19.6 Å². The Kier molecular flexibility index (Phi) is 2.63. The van der Waals surface area contributed by atoms with E-state index in [1.54, 1.807) is 4.52 Å². The summed E-state index contributed by atoms with van der Waals surface area (Å²) in [5.74, 6) is 2.29. The Morgan fingerprint density at radius 3 is 3.06 bits per heavy atom. The third-order valence-corrected chi connectivity index (χ3v) is 3.54. The lowest BCUT2D eigenvalue weighted by atomic mass is 9.85. The second-order valence-corrected chi connectivity index (χ2v) is 4.97. The predicted octanol–water partition coefficient (Wildman–Crippen LogP) is 2.01. The highest BCUT2D eigenvalue weighted by Gasteiger charge is 2.20. The van der Waals surface area contributed by atoms with Gasteiger partial charge >= 0.3 is 0 Å². The Balaban J connectivity index is 1.94. The first-order chi connectivity index (χ1) is 8.24. The molecule has 90 valence electrons. The van der Waals surface area contributed by atoms with E-state index in [1.807, 2.05) is 6.07 Å². The summed E-state index contributed by atoms with van der Waals surface area (Å²) in [6.45, 7) is 1.04. The van der Waals surface area contributed by atoms with E-state index in [-0.39, 0.29) is 0 Å². The first-order valence-electron chi connectivity index (χ1n) is 5.81. The molecule has 5 nitrogen and oxygen atoms in total. The van der Waals surface area contributed by atoms with Crippen LogP contribution in [0.3, 0.4) is 0 Å². The second kappa shape index (κ2) is 4.14. The summed E-state index contributed by atoms with van der Waals surface area (Å²) < 4.78 is 1.73. The smallest absolute Gasteiger partial charge is 0.255 e. The van der Waals surface area contributed by atoms with E-state index < -0.39 is 0 Å². The molecule has 0 aliphatic heterocycles. The number of fused-ring (bicyclic) bond motifs is 1. The molecule has 1 aliphatic carbocycles. The van der Waals surface area contributed by atoms with Gasteiger partial charge in [0.2, 0.25) is 0 Å². The van der Waals surface area contributed by atoms with Gasteiger partial charge in [-0.1, -0.05) is 18.0 Å². The molecule has 2 aromatic rings. The summed E-state index contributed by atoms with van der Waals surface area (Å²) in [6.07, 6.45) is 5.50. The van der Waals surface area contributed by atoms with Gasteiger partial charge < -0.3 is 4.90 Å². The topological polar surface area (TPSA) is 46.3 Å². The van der Waals surface area contributed by atoms with Crippen molar-refractivity contribution in [3.05, 3.63) is 17.5 Å². The van der Waals surface area contributed by atoms with Crippen LogP contribution in [0, 0.1) is 5.92 Å². The number of halogens is 1. The third-order valence-electron chi connectivity index (χ3n) is 3.35. The second-order valence-electron chi connectivity index (χ2n) is 4.59. The van der Waals surface area contributed by atoms with Gasteiger partial charge in [0.1, 0.15) is 17.3 Å². The van der Waals surface area contributed by atoms with Crippen LogP contribution in [-0.4, -0.2) is 33.2 Å².